The number of fused-ring (bicyclic) bond motifs is 1. The van der Waals surface area contributed by atoms with Crippen LogP contribution in [0, 0.1) is 12.8 Å². The lowest BCUT2D eigenvalue weighted by molar-refractivity contribution is -0.119. The summed E-state index contributed by atoms with van der Waals surface area (Å²) in [6.07, 6.45) is 0.636. The Morgan fingerprint density at radius 3 is 2.57 bits per heavy atom. The fraction of sp³-hybridized carbons (Fsp3) is 0.261. The first-order chi connectivity index (χ1) is 14.5. The summed E-state index contributed by atoms with van der Waals surface area (Å²) in [6.45, 7) is 4.16. The smallest absolute Gasteiger partial charge is 0.257 e. The summed E-state index contributed by atoms with van der Waals surface area (Å²) in [5.74, 6) is 1.65. The number of carbonyl (C=O) groups is 1. The molecule has 2 heterocycles. The van der Waals surface area contributed by atoms with Gasteiger partial charge in [-0.05, 0) is 49.7 Å². The van der Waals surface area contributed by atoms with Crippen molar-refractivity contribution in [2.45, 2.75) is 32.0 Å². The first kappa shape index (κ1) is 20.2. The molecule has 1 amide bonds. The summed E-state index contributed by atoms with van der Waals surface area (Å²) < 4.78 is 7.42. The van der Waals surface area contributed by atoms with Crippen molar-refractivity contribution in [3.63, 3.8) is 0 Å². The van der Waals surface area contributed by atoms with Gasteiger partial charge in [0.05, 0.1) is 5.92 Å². The minimum atomic E-state index is -0.297. The van der Waals surface area contributed by atoms with Gasteiger partial charge in [0, 0.05) is 29.2 Å². The molecule has 0 radical (unpaired) electrons. The Balaban J connectivity index is 1.43. The summed E-state index contributed by atoms with van der Waals surface area (Å²) in [5.41, 5.74) is 2.16. The van der Waals surface area contributed by atoms with Crippen LogP contribution in [0.15, 0.2) is 64.5 Å². The number of hydrogen-bond donors (Lipinski definition) is 1. The van der Waals surface area contributed by atoms with Gasteiger partial charge in [0.25, 0.3) is 5.56 Å². The number of thioether (sulfide) groups is 1. The number of anilines is 1. The average Bonchev–Trinajstić information content (AvgIpc) is 2.76. The van der Waals surface area contributed by atoms with E-state index in [1.807, 2.05) is 68.4 Å². The van der Waals surface area contributed by atoms with Crippen LogP contribution >= 0.6 is 11.8 Å². The van der Waals surface area contributed by atoms with E-state index in [2.05, 4.69) is 10.3 Å². The molecule has 1 atom stereocenters. The zero-order valence-electron chi connectivity index (χ0n) is 16.9. The van der Waals surface area contributed by atoms with E-state index < -0.39 is 0 Å². The highest BCUT2D eigenvalue weighted by molar-refractivity contribution is 7.99. The van der Waals surface area contributed by atoms with Gasteiger partial charge in [0.1, 0.15) is 11.5 Å². The number of aromatic nitrogens is 2. The Morgan fingerprint density at radius 1 is 1.17 bits per heavy atom. The van der Waals surface area contributed by atoms with Crippen LogP contribution < -0.4 is 15.6 Å². The second-order valence-electron chi connectivity index (χ2n) is 7.16. The van der Waals surface area contributed by atoms with Gasteiger partial charge >= 0.3 is 0 Å². The quantitative estimate of drug-likeness (QED) is 0.623. The molecule has 0 spiro atoms. The Bertz CT molecular complexity index is 1110. The average molecular weight is 422 g/mol. The van der Waals surface area contributed by atoms with Crippen molar-refractivity contribution in [1.29, 1.82) is 0 Å². The fourth-order valence-electron chi connectivity index (χ4n) is 3.44. The molecule has 6 nitrogen and oxygen atoms in total. The van der Waals surface area contributed by atoms with E-state index in [1.165, 1.54) is 11.8 Å². The maximum Gasteiger partial charge on any atom is 0.257 e. The zero-order chi connectivity index (χ0) is 21.1. The molecule has 30 heavy (non-hydrogen) atoms. The number of benzene rings is 2. The van der Waals surface area contributed by atoms with Gasteiger partial charge in [-0.1, -0.05) is 36.9 Å². The number of aryl methyl sites for hydroxylation is 1. The second-order valence-corrected chi connectivity index (χ2v) is 8.15. The van der Waals surface area contributed by atoms with Gasteiger partial charge in [0.2, 0.25) is 5.91 Å². The normalized spacial score (nSPS) is 15.3. The topological polar surface area (TPSA) is 73.2 Å². The molecule has 0 saturated carbocycles. The van der Waals surface area contributed by atoms with Crippen LogP contribution in [0.1, 0.15) is 18.2 Å². The van der Waals surface area contributed by atoms with E-state index in [0.717, 1.165) is 17.0 Å². The van der Waals surface area contributed by atoms with Gasteiger partial charge in [-0.15, -0.1) is 0 Å². The lowest BCUT2D eigenvalue weighted by Crippen LogP contribution is -2.38. The lowest BCUT2D eigenvalue weighted by atomic mass is 10.1. The van der Waals surface area contributed by atoms with Crippen molar-refractivity contribution < 1.29 is 9.53 Å². The van der Waals surface area contributed by atoms with Crippen molar-refractivity contribution in [3.8, 4) is 11.5 Å². The molecule has 1 aliphatic rings. The summed E-state index contributed by atoms with van der Waals surface area (Å²) in [6, 6.07) is 16.8. The minimum Gasteiger partial charge on any atom is -0.457 e. The highest BCUT2D eigenvalue weighted by Gasteiger charge is 2.28. The van der Waals surface area contributed by atoms with E-state index >= 15 is 0 Å². The lowest BCUT2D eigenvalue weighted by Gasteiger charge is -2.25. The molecule has 1 aliphatic heterocycles. The molecule has 0 saturated heterocycles. The fourth-order valence-corrected chi connectivity index (χ4v) is 4.56. The van der Waals surface area contributed by atoms with E-state index in [-0.39, 0.29) is 17.4 Å². The van der Waals surface area contributed by atoms with E-state index in [4.69, 9.17) is 4.74 Å². The first-order valence-electron chi connectivity index (χ1n) is 9.92. The number of ether oxygens (including phenoxy) is 1. The predicted octanol–water partition coefficient (Wildman–Crippen LogP) is 4.27. The van der Waals surface area contributed by atoms with Crippen molar-refractivity contribution in [2.75, 3.05) is 11.1 Å². The number of carbonyl (C=O) groups excluding carboxylic acids is 1. The second kappa shape index (κ2) is 8.75. The first-order valence-corrected chi connectivity index (χ1v) is 10.9. The third-order valence-corrected chi connectivity index (χ3v) is 6.21. The van der Waals surface area contributed by atoms with Crippen LogP contribution in [0.3, 0.4) is 0 Å². The number of para-hydroxylation sites is 1. The zero-order valence-corrected chi connectivity index (χ0v) is 17.7. The Morgan fingerprint density at radius 2 is 1.87 bits per heavy atom. The van der Waals surface area contributed by atoms with Crippen LogP contribution in [0.2, 0.25) is 0 Å². The Labute approximate surface area is 179 Å². The molecule has 154 valence electrons. The van der Waals surface area contributed by atoms with Crippen LogP contribution in [0.25, 0.3) is 0 Å². The van der Waals surface area contributed by atoms with Crippen molar-refractivity contribution in [2.24, 2.45) is 5.92 Å². The molecule has 7 heteroatoms. The number of hydrogen-bond acceptors (Lipinski definition) is 5. The molecular weight excluding hydrogens is 398 g/mol. The van der Waals surface area contributed by atoms with E-state index in [0.29, 0.717) is 35.3 Å². The SMILES string of the molecule is CCc1c(C)nc2n(c1=O)CC(C(=O)Nc1ccc(Oc3ccccc3)cc1)CS2. The van der Waals surface area contributed by atoms with Gasteiger partial charge in [-0.2, -0.15) is 0 Å². The third kappa shape index (κ3) is 4.26. The number of rotatable bonds is 5. The molecule has 1 unspecified atom stereocenters. The molecule has 0 aliphatic carbocycles. The maximum atomic E-state index is 12.8. The third-order valence-electron chi connectivity index (χ3n) is 5.08. The van der Waals surface area contributed by atoms with Gasteiger partial charge < -0.3 is 10.1 Å². The van der Waals surface area contributed by atoms with Gasteiger partial charge in [0.15, 0.2) is 5.16 Å². The van der Waals surface area contributed by atoms with Gasteiger partial charge in [-0.3, -0.25) is 14.2 Å². The summed E-state index contributed by atoms with van der Waals surface area (Å²) in [7, 11) is 0. The molecule has 3 aromatic rings. The summed E-state index contributed by atoms with van der Waals surface area (Å²) >= 11 is 1.46. The Hall–Kier alpha value is -3.06. The monoisotopic (exact) mass is 421 g/mol. The summed E-state index contributed by atoms with van der Waals surface area (Å²) in [4.78, 5) is 30.1. The highest BCUT2D eigenvalue weighted by atomic mass is 32.2. The molecular formula is C23H23N3O3S. The molecule has 1 N–H and O–H groups in total. The highest BCUT2D eigenvalue weighted by Crippen LogP contribution is 2.27. The van der Waals surface area contributed by atoms with Crippen LogP contribution in [0.4, 0.5) is 5.69 Å². The van der Waals surface area contributed by atoms with Crippen LogP contribution in [0.5, 0.6) is 11.5 Å². The van der Waals surface area contributed by atoms with Crippen molar-refractivity contribution >= 4 is 23.4 Å². The summed E-state index contributed by atoms with van der Waals surface area (Å²) in [5, 5.41) is 3.64. The van der Waals surface area contributed by atoms with Crippen LogP contribution in [-0.4, -0.2) is 21.2 Å². The molecule has 0 fully saturated rings. The van der Waals surface area contributed by atoms with E-state index in [9.17, 15) is 9.59 Å². The molecule has 2 aromatic carbocycles. The predicted molar refractivity (Wildman–Crippen MR) is 118 cm³/mol. The minimum absolute atomic E-state index is 0.0348. The van der Waals surface area contributed by atoms with Crippen LogP contribution in [-0.2, 0) is 17.8 Å². The van der Waals surface area contributed by atoms with E-state index in [1.54, 1.807) is 4.57 Å². The number of amides is 1. The largest absolute Gasteiger partial charge is 0.457 e. The van der Waals surface area contributed by atoms with Gasteiger partial charge in [-0.25, -0.2) is 4.98 Å². The maximum absolute atomic E-state index is 12.8. The molecule has 0 bridgehead atoms. The Kier molecular flexibility index (Phi) is 5.90. The van der Waals surface area contributed by atoms with Crippen molar-refractivity contribution in [1.82, 2.24) is 9.55 Å². The molecule has 4 rings (SSSR count). The standard InChI is InChI=1S/C23H23N3O3S/c1-3-20-15(2)24-23-26(22(20)28)13-16(14-30-23)21(27)25-17-9-11-19(12-10-17)29-18-7-5-4-6-8-18/h4-12,16H,3,13-14H2,1-2H3,(H,25,27). The molecule has 1 aromatic heterocycles. The number of nitrogens with one attached hydrogen (secondary N) is 1. The number of nitrogens with zero attached hydrogens (tertiary/aromatic N) is 2. The van der Waals surface area contributed by atoms with Crippen molar-refractivity contribution in [3.05, 3.63) is 76.2 Å².